The normalized spacial score (nSPS) is 12.0. The van der Waals surface area contributed by atoms with Crippen molar-refractivity contribution in [3.8, 4) is 0 Å². The number of rotatable bonds is 10. The number of amides is 2. The van der Waals surface area contributed by atoms with Crippen LogP contribution in [0.5, 0.6) is 0 Å². The van der Waals surface area contributed by atoms with Gasteiger partial charge in [-0.05, 0) is 52.7 Å². The van der Waals surface area contributed by atoms with E-state index in [9.17, 15) is 9.59 Å². The van der Waals surface area contributed by atoms with E-state index in [0.29, 0.717) is 17.5 Å². The Balaban J connectivity index is 1.98. The average molecular weight is 467 g/mol. The van der Waals surface area contributed by atoms with Crippen LogP contribution in [0.4, 0.5) is 5.13 Å². The zero-order chi connectivity index (χ0) is 20.5. The Labute approximate surface area is 178 Å². The summed E-state index contributed by atoms with van der Waals surface area (Å²) in [6.07, 6.45) is 8.78. The quantitative estimate of drug-likeness (QED) is 0.532. The number of pyridine rings is 1. The maximum Gasteiger partial charge on any atom is 0.248 e. The van der Waals surface area contributed by atoms with Gasteiger partial charge in [0.2, 0.25) is 11.8 Å². The van der Waals surface area contributed by atoms with Gasteiger partial charge in [0.15, 0.2) is 5.13 Å². The Hall–Kier alpha value is -1.80. The minimum atomic E-state index is -0.585. The van der Waals surface area contributed by atoms with Crippen LogP contribution in [0.25, 0.3) is 0 Å². The van der Waals surface area contributed by atoms with Gasteiger partial charge in [-0.3, -0.25) is 14.6 Å². The zero-order valence-corrected chi connectivity index (χ0v) is 18.9. The summed E-state index contributed by atoms with van der Waals surface area (Å²) in [5, 5.41) is 6.29. The van der Waals surface area contributed by atoms with E-state index in [1.165, 1.54) is 16.2 Å². The summed E-state index contributed by atoms with van der Waals surface area (Å²) in [5.74, 6) is 0.0338. The highest BCUT2D eigenvalue weighted by molar-refractivity contribution is 9.10. The number of anilines is 1. The number of carbonyl (C=O) groups is 2. The van der Waals surface area contributed by atoms with Gasteiger partial charge in [-0.2, -0.15) is 0 Å². The second-order valence-corrected chi connectivity index (χ2v) is 8.65. The van der Waals surface area contributed by atoms with Crippen molar-refractivity contribution in [2.24, 2.45) is 0 Å². The minimum absolute atomic E-state index is 0.177. The van der Waals surface area contributed by atoms with Gasteiger partial charge in [0.05, 0.1) is 6.42 Å². The lowest BCUT2D eigenvalue weighted by molar-refractivity contribution is -0.126. The standard InChI is InChI=1S/C20H27BrN4O2S/c1-4-7-16(24-18(26)9-13-8-15(21)11-22-10-13)19(27)25-20-23-12-17(28-20)14(5-2)6-3/h8,10-12,14,16H,4-7,9H2,1-3H3,(H,24,26)(H,23,25,27)/t16-/m0/s1. The summed E-state index contributed by atoms with van der Waals surface area (Å²) in [4.78, 5) is 34.6. The van der Waals surface area contributed by atoms with Gasteiger partial charge in [-0.25, -0.2) is 4.98 Å². The van der Waals surface area contributed by atoms with Crippen molar-refractivity contribution in [1.82, 2.24) is 15.3 Å². The number of hydrogen-bond donors (Lipinski definition) is 2. The van der Waals surface area contributed by atoms with E-state index < -0.39 is 6.04 Å². The fraction of sp³-hybridized carbons (Fsp3) is 0.500. The van der Waals surface area contributed by atoms with Gasteiger partial charge in [-0.15, -0.1) is 11.3 Å². The summed E-state index contributed by atoms with van der Waals surface area (Å²) in [6, 6.07) is 1.26. The number of hydrogen-bond acceptors (Lipinski definition) is 5. The van der Waals surface area contributed by atoms with Gasteiger partial charge < -0.3 is 10.6 Å². The molecule has 0 spiro atoms. The van der Waals surface area contributed by atoms with E-state index in [1.807, 2.05) is 19.2 Å². The van der Waals surface area contributed by atoms with Gasteiger partial charge in [0.25, 0.3) is 0 Å². The summed E-state index contributed by atoms with van der Waals surface area (Å²) < 4.78 is 0.817. The maximum atomic E-state index is 12.7. The summed E-state index contributed by atoms with van der Waals surface area (Å²) >= 11 is 4.85. The minimum Gasteiger partial charge on any atom is -0.344 e. The molecule has 0 unspecified atom stereocenters. The number of aromatic nitrogens is 2. The highest BCUT2D eigenvalue weighted by atomic mass is 79.9. The molecule has 0 aliphatic heterocycles. The first-order chi connectivity index (χ1) is 13.5. The first-order valence-corrected chi connectivity index (χ1v) is 11.2. The van der Waals surface area contributed by atoms with E-state index in [-0.39, 0.29) is 18.2 Å². The fourth-order valence-electron chi connectivity index (χ4n) is 2.96. The van der Waals surface area contributed by atoms with Gasteiger partial charge in [0, 0.05) is 27.9 Å². The van der Waals surface area contributed by atoms with Crippen LogP contribution in [0.2, 0.25) is 0 Å². The molecule has 0 aliphatic rings. The predicted octanol–water partition coefficient (Wildman–Crippen LogP) is 4.67. The molecule has 2 amide bonds. The van der Waals surface area contributed by atoms with Crippen LogP contribution in [0, 0.1) is 0 Å². The Kier molecular flexibility index (Phi) is 9.05. The lowest BCUT2D eigenvalue weighted by atomic mass is 10.0. The van der Waals surface area contributed by atoms with Crippen molar-refractivity contribution in [2.45, 2.75) is 64.8 Å². The Bertz CT molecular complexity index is 792. The molecule has 28 heavy (non-hydrogen) atoms. The molecule has 1 atom stereocenters. The van der Waals surface area contributed by atoms with Crippen molar-refractivity contribution in [2.75, 3.05) is 5.32 Å². The van der Waals surface area contributed by atoms with Crippen LogP contribution in [-0.2, 0) is 16.0 Å². The molecule has 0 aromatic carbocycles. The molecule has 0 aliphatic carbocycles. The first kappa shape index (κ1) is 22.5. The molecule has 6 nitrogen and oxygen atoms in total. The lowest BCUT2D eigenvalue weighted by Crippen LogP contribution is -2.44. The third-order valence-electron chi connectivity index (χ3n) is 4.50. The Morgan fingerprint density at radius 1 is 1.18 bits per heavy atom. The van der Waals surface area contributed by atoms with Crippen molar-refractivity contribution >= 4 is 44.2 Å². The number of thiazole rings is 1. The van der Waals surface area contributed by atoms with Crippen molar-refractivity contribution in [3.05, 3.63) is 39.6 Å². The molecule has 0 radical (unpaired) electrons. The Morgan fingerprint density at radius 2 is 1.93 bits per heavy atom. The second-order valence-electron chi connectivity index (χ2n) is 6.67. The Morgan fingerprint density at radius 3 is 2.57 bits per heavy atom. The molecule has 2 aromatic heterocycles. The lowest BCUT2D eigenvalue weighted by Gasteiger charge is -2.17. The van der Waals surface area contributed by atoms with Crippen LogP contribution < -0.4 is 10.6 Å². The SMILES string of the molecule is CCC[C@H](NC(=O)Cc1cncc(Br)c1)C(=O)Nc1ncc(C(CC)CC)s1. The molecular weight excluding hydrogens is 440 g/mol. The predicted molar refractivity (Wildman–Crippen MR) is 117 cm³/mol. The van der Waals surface area contributed by atoms with Gasteiger partial charge >= 0.3 is 0 Å². The molecule has 2 rings (SSSR count). The molecule has 2 N–H and O–H groups in total. The number of nitrogens with one attached hydrogen (secondary N) is 2. The largest absolute Gasteiger partial charge is 0.344 e. The van der Waals surface area contributed by atoms with E-state index in [0.717, 1.165) is 29.3 Å². The molecule has 2 aromatic rings. The number of halogens is 1. The molecule has 8 heteroatoms. The summed E-state index contributed by atoms with van der Waals surface area (Å²) in [5.41, 5.74) is 0.789. The highest BCUT2D eigenvalue weighted by Crippen LogP contribution is 2.30. The molecule has 152 valence electrons. The highest BCUT2D eigenvalue weighted by Gasteiger charge is 2.22. The van der Waals surface area contributed by atoms with Gasteiger partial charge in [0.1, 0.15) is 6.04 Å². The molecule has 2 heterocycles. The summed E-state index contributed by atoms with van der Waals surface area (Å²) in [7, 11) is 0. The third-order valence-corrected chi connectivity index (χ3v) is 6.01. The fourth-order valence-corrected chi connectivity index (χ4v) is 4.46. The van der Waals surface area contributed by atoms with E-state index >= 15 is 0 Å². The molecule has 0 saturated heterocycles. The van der Waals surface area contributed by atoms with Crippen LogP contribution >= 0.6 is 27.3 Å². The van der Waals surface area contributed by atoms with Crippen molar-refractivity contribution in [3.63, 3.8) is 0 Å². The second kappa shape index (κ2) is 11.3. The van der Waals surface area contributed by atoms with Crippen LogP contribution in [0.15, 0.2) is 29.1 Å². The van der Waals surface area contributed by atoms with Gasteiger partial charge in [-0.1, -0.05) is 27.2 Å². The maximum absolute atomic E-state index is 12.7. The number of carbonyl (C=O) groups excluding carboxylic acids is 2. The summed E-state index contributed by atoms with van der Waals surface area (Å²) in [6.45, 7) is 6.29. The van der Waals surface area contributed by atoms with Crippen LogP contribution in [-0.4, -0.2) is 27.8 Å². The number of nitrogens with zero attached hydrogens (tertiary/aromatic N) is 2. The van der Waals surface area contributed by atoms with E-state index in [2.05, 4.69) is 50.4 Å². The van der Waals surface area contributed by atoms with Crippen LogP contribution in [0.1, 0.15) is 62.8 Å². The average Bonchev–Trinajstić information content (AvgIpc) is 3.10. The molecule has 0 bridgehead atoms. The molecule has 0 fully saturated rings. The topological polar surface area (TPSA) is 84.0 Å². The molecular formula is C20H27BrN4O2S. The van der Waals surface area contributed by atoms with Crippen molar-refractivity contribution in [1.29, 1.82) is 0 Å². The first-order valence-electron chi connectivity index (χ1n) is 9.62. The zero-order valence-electron chi connectivity index (χ0n) is 16.5. The monoisotopic (exact) mass is 466 g/mol. The molecule has 0 saturated carbocycles. The van der Waals surface area contributed by atoms with E-state index in [4.69, 9.17) is 0 Å². The third kappa shape index (κ3) is 6.67. The van der Waals surface area contributed by atoms with Crippen molar-refractivity contribution < 1.29 is 9.59 Å². The smallest absolute Gasteiger partial charge is 0.248 e. The van der Waals surface area contributed by atoms with E-state index in [1.54, 1.807) is 12.4 Å². The van der Waals surface area contributed by atoms with Crippen LogP contribution in [0.3, 0.4) is 0 Å².